The third-order valence-electron chi connectivity index (χ3n) is 1.92. The minimum Gasteiger partial charge on any atom is -0.392 e. The van der Waals surface area contributed by atoms with Crippen molar-refractivity contribution < 1.29 is 10.0 Å². The first-order chi connectivity index (χ1) is 7.00. The highest BCUT2D eigenvalue weighted by atomic mass is 32.2. The lowest BCUT2D eigenvalue weighted by Gasteiger charge is -2.12. The van der Waals surface area contributed by atoms with Crippen LogP contribution in [0.4, 0.5) is 5.69 Å². The number of aliphatic hydroxyl groups excluding tert-OH is 1. The van der Waals surface area contributed by atoms with Crippen molar-refractivity contribution in [3.8, 4) is 0 Å². The zero-order valence-electron chi connectivity index (χ0n) is 8.45. The van der Waals surface area contributed by atoms with Gasteiger partial charge >= 0.3 is 0 Å². The largest absolute Gasteiger partial charge is 0.392 e. The van der Waals surface area contributed by atoms with Crippen molar-refractivity contribution in [2.45, 2.75) is 30.2 Å². The van der Waals surface area contributed by atoms with Gasteiger partial charge in [-0.3, -0.25) is 10.1 Å². The van der Waals surface area contributed by atoms with Gasteiger partial charge in [-0.1, -0.05) is 6.92 Å². The van der Waals surface area contributed by atoms with Gasteiger partial charge in [0.1, 0.15) is 5.03 Å². The molecule has 82 valence electrons. The first-order valence-electron chi connectivity index (χ1n) is 4.46. The molecule has 0 fully saturated rings. The molecule has 1 aromatic rings. The maximum absolute atomic E-state index is 10.5. The summed E-state index contributed by atoms with van der Waals surface area (Å²) < 4.78 is 0. The average Bonchev–Trinajstić information content (AvgIpc) is 2.18. The van der Waals surface area contributed by atoms with Crippen LogP contribution in [0.1, 0.15) is 13.8 Å². The zero-order valence-corrected chi connectivity index (χ0v) is 9.27. The summed E-state index contributed by atoms with van der Waals surface area (Å²) in [5, 5.41) is 20.3. The number of nitro groups is 1. The van der Waals surface area contributed by atoms with Crippen molar-refractivity contribution >= 4 is 17.4 Å². The van der Waals surface area contributed by atoms with Gasteiger partial charge in [0.05, 0.1) is 11.0 Å². The van der Waals surface area contributed by atoms with Crippen LogP contribution in [0.25, 0.3) is 0 Å². The minimum absolute atomic E-state index is 0.0188. The Morgan fingerprint density at radius 1 is 1.60 bits per heavy atom. The predicted molar refractivity (Wildman–Crippen MR) is 57.9 cm³/mol. The molecule has 15 heavy (non-hydrogen) atoms. The summed E-state index contributed by atoms with van der Waals surface area (Å²) in [6, 6.07) is 2.75. The highest BCUT2D eigenvalue weighted by Crippen LogP contribution is 2.25. The van der Waals surface area contributed by atoms with Crippen LogP contribution in [0.15, 0.2) is 23.4 Å². The van der Waals surface area contributed by atoms with Gasteiger partial charge in [0.25, 0.3) is 5.69 Å². The normalized spacial score (nSPS) is 14.6. The Morgan fingerprint density at radius 3 is 2.80 bits per heavy atom. The summed E-state index contributed by atoms with van der Waals surface area (Å²) >= 11 is 1.32. The Bertz CT molecular complexity index is 357. The molecule has 0 saturated carbocycles. The molecule has 0 saturated heterocycles. The molecule has 6 heteroatoms. The molecule has 0 aliphatic heterocycles. The molecule has 0 amide bonds. The zero-order chi connectivity index (χ0) is 11.4. The fourth-order valence-corrected chi connectivity index (χ4v) is 1.75. The molecule has 0 aliphatic carbocycles. The number of nitrogens with zero attached hydrogens (tertiary/aromatic N) is 2. The lowest BCUT2D eigenvalue weighted by Crippen LogP contribution is -2.15. The second kappa shape index (κ2) is 5.09. The first kappa shape index (κ1) is 11.9. The molecule has 0 bridgehead atoms. The molecule has 1 N–H and O–H groups in total. The second-order valence-corrected chi connectivity index (χ2v) is 4.57. The second-order valence-electron chi connectivity index (χ2n) is 3.17. The number of pyridine rings is 1. The Kier molecular flexibility index (Phi) is 4.05. The van der Waals surface area contributed by atoms with Gasteiger partial charge in [0.2, 0.25) is 0 Å². The number of hydrogen-bond acceptors (Lipinski definition) is 5. The minimum atomic E-state index is -0.476. The van der Waals surface area contributed by atoms with E-state index in [4.69, 9.17) is 0 Å². The van der Waals surface area contributed by atoms with Crippen molar-refractivity contribution in [2.75, 3.05) is 0 Å². The first-order valence-corrected chi connectivity index (χ1v) is 5.34. The molecule has 2 atom stereocenters. The number of hydrogen-bond donors (Lipinski definition) is 1. The lowest BCUT2D eigenvalue weighted by molar-refractivity contribution is -0.385. The molecular formula is C9H12N2O3S. The van der Waals surface area contributed by atoms with Gasteiger partial charge < -0.3 is 5.11 Å². The molecule has 5 nitrogen and oxygen atoms in total. The van der Waals surface area contributed by atoms with Crippen molar-refractivity contribution in [2.24, 2.45) is 0 Å². The highest BCUT2D eigenvalue weighted by molar-refractivity contribution is 7.99. The number of aliphatic hydroxyl groups is 1. The van der Waals surface area contributed by atoms with E-state index in [9.17, 15) is 15.2 Å². The Hall–Kier alpha value is -1.14. The third-order valence-corrected chi connectivity index (χ3v) is 3.15. The summed E-state index contributed by atoms with van der Waals surface area (Å²) in [5.74, 6) is 0. The summed E-state index contributed by atoms with van der Waals surface area (Å²) in [7, 11) is 0. The van der Waals surface area contributed by atoms with Crippen LogP contribution >= 0.6 is 11.8 Å². The quantitative estimate of drug-likeness (QED) is 0.483. The monoisotopic (exact) mass is 228 g/mol. The van der Waals surface area contributed by atoms with Gasteiger partial charge in [-0.25, -0.2) is 4.98 Å². The van der Waals surface area contributed by atoms with Gasteiger partial charge in [0, 0.05) is 23.6 Å². The fourth-order valence-electron chi connectivity index (χ4n) is 0.866. The molecule has 0 spiro atoms. The van der Waals surface area contributed by atoms with Crippen molar-refractivity contribution in [3.63, 3.8) is 0 Å². The summed E-state index contributed by atoms with van der Waals surface area (Å²) in [4.78, 5) is 14.0. The van der Waals surface area contributed by atoms with Crippen LogP contribution in [0.2, 0.25) is 0 Å². The van der Waals surface area contributed by atoms with E-state index in [1.54, 1.807) is 6.92 Å². The Morgan fingerprint density at radius 2 is 2.27 bits per heavy atom. The van der Waals surface area contributed by atoms with Crippen LogP contribution in [0.3, 0.4) is 0 Å². The van der Waals surface area contributed by atoms with Gasteiger partial charge in [-0.2, -0.15) is 0 Å². The van der Waals surface area contributed by atoms with Crippen molar-refractivity contribution in [1.29, 1.82) is 0 Å². The van der Waals surface area contributed by atoms with Gasteiger partial charge in [-0.15, -0.1) is 11.8 Å². The molecule has 0 radical (unpaired) electrons. The predicted octanol–water partition coefficient (Wildman–Crippen LogP) is 1.85. The van der Waals surface area contributed by atoms with Crippen LogP contribution in [-0.4, -0.2) is 26.4 Å². The van der Waals surface area contributed by atoms with Crippen LogP contribution in [-0.2, 0) is 0 Å². The van der Waals surface area contributed by atoms with Gasteiger partial charge in [0.15, 0.2) is 0 Å². The topological polar surface area (TPSA) is 76.3 Å². The van der Waals surface area contributed by atoms with Crippen LogP contribution in [0, 0.1) is 10.1 Å². The van der Waals surface area contributed by atoms with Crippen molar-refractivity contribution in [1.82, 2.24) is 4.98 Å². The maximum atomic E-state index is 10.5. The van der Waals surface area contributed by atoms with Crippen molar-refractivity contribution in [3.05, 3.63) is 28.4 Å². The van der Waals surface area contributed by atoms with E-state index in [1.165, 1.54) is 30.1 Å². The lowest BCUT2D eigenvalue weighted by atomic mass is 10.3. The number of rotatable bonds is 4. The van der Waals surface area contributed by atoms with E-state index in [2.05, 4.69) is 4.98 Å². The standard InChI is InChI=1S/C9H12N2O3S/c1-6(12)7(2)15-9-5-8(11(13)14)3-4-10-9/h3-7,12H,1-2H3. The molecular weight excluding hydrogens is 216 g/mol. The van der Waals surface area contributed by atoms with E-state index in [1.807, 2.05) is 6.92 Å². The fraction of sp³-hybridized carbons (Fsp3) is 0.444. The van der Waals surface area contributed by atoms with E-state index in [0.29, 0.717) is 5.03 Å². The number of thioether (sulfide) groups is 1. The van der Waals surface area contributed by atoms with Crippen LogP contribution in [0.5, 0.6) is 0 Å². The molecule has 0 aromatic carbocycles. The summed E-state index contributed by atoms with van der Waals surface area (Å²) in [6.45, 7) is 3.52. The molecule has 0 aliphatic rings. The molecule has 1 aromatic heterocycles. The average molecular weight is 228 g/mol. The summed E-state index contributed by atoms with van der Waals surface area (Å²) in [6.07, 6.45) is 0.922. The smallest absolute Gasteiger partial charge is 0.273 e. The Labute approximate surface area is 91.7 Å². The molecule has 1 rings (SSSR count). The van der Waals surface area contributed by atoms with Crippen LogP contribution < -0.4 is 0 Å². The van der Waals surface area contributed by atoms with E-state index < -0.39 is 11.0 Å². The maximum Gasteiger partial charge on any atom is 0.273 e. The van der Waals surface area contributed by atoms with Gasteiger partial charge in [-0.05, 0) is 6.92 Å². The number of aromatic nitrogens is 1. The highest BCUT2D eigenvalue weighted by Gasteiger charge is 2.13. The summed E-state index contributed by atoms with van der Waals surface area (Å²) in [5.41, 5.74) is 0.0188. The van der Waals surface area contributed by atoms with E-state index in [-0.39, 0.29) is 10.9 Å². The van der Waals surface area contributed by atoms with E-state index in [0.717, 1.165) is 0 Å². The molecule has 2 unspecified atom stereocenters. The third kappa shape index (κ3) is 3.49. The SMILES string of the molecule is CC(O)C(C)Sc1cc([N+](=O)[O-])ccn1. The van der Waals surface area contributed by atoms with E-state index >= 15 is 0 Å². The molecule has 1 heterocycles. The Balaban J connectivity index is 2.78.